The second-order valence-electron chi connectivity index (χ2n) is 4.11. The van der Waals surface area contributed by atoms with E-state index in [0.29, 0.717) is 11.8 Å². The van der Waals surface area contributed by atoms with Gasteiger partial charge in [0.05, 0.1) is 6.42 Å². The molecule has 0 rings (SSSR count). The molecule has 0 radical (unpaired) electrons. The van der Waals surface area contributed by atoms with Crippen molar-refractivity contribution in [3.05, 3.63) is 0 Å². The molecule has 2 unspecified atom stereocenters. The van der Waals surface area contributed by atoms with Crippen LogP contribution < -0.4 is 5.73 Å². The van der Waals surface area contributed by atoms with Crippen molar-refractivity contribution in [2.24, 2.45) is 5.73 Å². The lowest BCUT2D eigenvalue weighted by molar-refractivity contribution is -0.214. The number of methoxy groups -OCH3 is 1. The highest BCUT2D eigenvalue weighted by Gasteiger charge is 2.43. The zero-order chi connectivity index (χ0) is 16.9. The molecule has 21 heavy (non-hydrogen) atoms. The summed E-state index contributed by atoms with van der Waals surface area (Å²) in [6.45, 7) is 0. The van der Waals surface area contributed by atoms with Gasteiger partial charge in [0.25, 0.3) is 0 Å². The fraction of sp³-hybridized carbons (Fsp3) is 0.900. The maximum atomic E-state index is 12.5. The predicted octanol–water partition coefficient (Wildman–Crippen LogP) is 3.45. The van der Waals surface area contributed by atoms with Gasteiger partial charge in [-0.1, -0.05) is 11.6 Å². The first kappa shape index (κ1) is 20.6. The quantitative estimate of drug-likeness (QED) is 0.532. The molecule has 0 aliphatic carbocycles. The van der Waals surface area contributed by atoms with Crippen LogP contribution in [0.3, 0.4) is 0 Å². The summed E-state index contributed by atoms with van der Waals surface area (Å²) in [4.78, 5) is 11.2. The molecule has 0 aliphatic heterocycles. The number of thioether (sulfide) groups is 1. The van der Waals surface area contributed by atoms with Crippen LogP contribution in [-0.2, 0) is 9.53 Å². The summed E-state index contributed by atoms with van der Waals surface area (Å²) >= 11 is 6.12. The number of carbonyl (C=O) groups is 1. The number of halogens is 7. The van der Waals surface area contributed by atoms with E-state index < -0.39 is 53.6 Å². The maximum Gasteiger partial charge on any atom is 0.414 e. The van der Waals surface area contributed by atoms with Crippen LogP contribution in [0.25, 0.3) is 0 Å². The number of hydrogen-bond donors (Lipinski definition) is 1. The Balaban J connectivity index is 4.63. The third-order valence-electron chi connectivity index (χ3n) is 2.46. The molecule has 0 fully saturated rings. The van der Waals surface area contributed by atoms with Gasteiger partial charge in [-0.3, -0.25) is 4.79 Å². The van der Waals surface area contributed by atoms with Crippen LogP contribution in [0.1, 0.15) is 19.3 Å². The third kappa shape index (κ3) is 8.01. The fourth-order valence-corrected chi connectivity index (χ4v) is 2.73. The summed E-state index contributed by atoms with van der Waals surface area (Å²) in [5, 5.41) is 0. The van der Waals surface area contributed by atoms with E-state index in [1.165, 1.54) is 0 Å². The van der Waals surface area contributed by atoms with E-state index in [4.69, 9.17) is 17.3 Å². The number of nitrogens with two attached hydrogens (primary N) is 1. The lowest BCUT2D eigenvalue weighted by atomic mass is 10.1. The second-order valence-corrected chi connectivity index (χ2v) is 6.37. The zero-order valence-corrected chi connectivity index (χ0v) is 12.4. The maximum absolute atomic E-state index is 12.5. The first-order chi connectivity index (χ1) is 9.32. The van der Waals surface area contributed by atoms with Gasteiger partial charge in [0.2, 0.25) is 5.91 Å². The highest BCUT2D eigenvalue weighted by molar-refractivity contribution is 8.02. The molecule has 0 saturated heterocycles. The molecule has 0 spiro atoms. The summed E-state index contributed by atoms with van der Waals surface area (Å²) in [5.74, 6) is -1.77. The zero-order valence-electron chi connectivity index (χ0n) is 10.9. The number of primary amides is 1. The first-order valence-corrected chi connectivity index (χ1v) is 6.97. The van der Waals surface area contributed by atoms with Crippen molar-refractivity contribution >= 4 is 29.3 Å². The van der Waals surface area contributed by atoms with Gasteiger partial charge in [-0.15, -0.1) is 11.8 Å². The van der Waals surface area contributed by atoms with Gasteiger partial charge in [0.15, 0.2) is 10.3 Å². The molecule has 11 heteroatoms. The van der Waals surface area contributed by atoms with Gasteiger partial charge in [-0.05, 0) is 12.8 Å². The molecular formula is C10H14ClF6NO2S. The van der Waals surface area contributed by atoms with Crippen LogP contribution in [-0.4, -0.2) is 41.4 Å². The number of hydrogen-bond acceptors (Lipinski definition) is 3. The molecule has 0 aromatic heterocycles. The van der Waals surface area contributed by atoms with Gasteiger partial charge < -0.3 is 10.5 Å². The van der Waals surface area contributed by atoms with Gasteiger partial charge in [0, 0.05) is 12.9 Å². The van der Waals surface area contributed by atoms with Crippen molar-refractivity contribution in [1.82, 2.24) is 0 Å². The lowest BCUT2D eigenvalue weighted by Crippen LogP contribution is -2.39. The van der Waals surface area contributed by atoms with Crippen LogP contribution in [0, 0.1) is 0 Å². The summed E-state index contributed by atoms with van der Waals surface area (Å²) in [7, 11) is 0.829. The molecule has 0 aliphatic rings. The minimum atomic E-state index is -4.67. The predicted molar refractivity (Wildman–Crippen MR) is 67.0 cm³/mol. The molecule has 0 aromatic carbocycles. The average Bonchev–Trinajstić information content (AvgIpc) is 2.25. The van der Waals surface area contributed by atoms with Crippen molar-refractivity contribution in [1.29, 1.82) is 0 Å². The Morgan fingerprint density at radius 2 is 1.76 bits per heavy atom. The Morgan fingerprint density at radius 3 is 2.10 bits per heavy atom. The first-order valence-electron chi connectivity index (χ1n) is 5.61. The lowest BCUT2D eigenvalue weighted by Gasteiger charge is -2.26. The molecule has 126 valence electrons. The molecule has 1 amide bonds. The van der Waals surface area contributed by atoms with Gasteiger partial charge in [-0.25, -0.2) is 0 Å². The Labute approximate surface area is 126 Å². The van der Waals surface area contributed by atoms with Crippen molar-refractivity contribution < 1.29 is 35.9 Å². The smallest absolute Gasteiger partial charge is 0.372 e. The average molecular weight is 362 g/mol. The second kappa shape index (κ2) is 7.77. The van der Waals surface area contributed by atoms with Crippen LogP contribution in [0.5, 0.6) is 0 Å². The van der Waals surface area contributed by atoms with Crippen molar-refractivity contribution in [3.63, 3.8) is 0 Å². The normalized spacial score (nSPS) is 17.3. The largest absolute Gasteiger partial charge is 0.414 e. The van der Waals surface area contributed by atoms with Gasteiger partial charge in [-0.2, -0.15) is 26.3 Å². The Morgan fingerprint density at radius 1 is 1.24 bits per heavy atom. The molecule has 0 saturated carbocycles. The molecule has 0 heterocycles. The molecule has 2 N–H and O–H groups in total. The molecule has 0 bridgehead atoms. The van der Waals surface area contributed by atoms with Crippen LogP contribution in [0.2, 0.25) is 0 Å². The molecule has 0 aromatic rings. The summed E-state index contributed by atoms with van der Waals surface area (Å²) in [6, 6.07) is 0. The van der Waals surface area contributed by atoms with E-state index in [2.05, 4.69) is 4.74 Å². The van der Waals surface area contributed by atoms with Gasteiger partial charge in [0.1, 0.15) is 0 Å². The minimum Gasteiger partial charge on any atom is -0.372 e. The number of alkyl halides is 7. The minimum absolute atomic E-state index is 0.370. The Kier molecular flexibility index (Phi) is 7.64. The van der Waals surface area contributed by atoms with Crippen molar-refractivity contribution in [2.75, 3.05) is 12.9 Å². The molecular weight excluding hydrogens is 348 g/mol. The number of rotatable bonds is 8. The highest BCUT2D eigenvalue weighted by atomic mass is 35.5. The van der Waals surface area contributed by atoms with Crippen LogP contribution in [0.4, 0.5) is 26.3 Å². The highest BCUT2D eigenvalue weighted by Crippen LogP contribution is 2.39. The van der Waals surface area contributed by atoms with Crippen molar-refractivity contribution in [3.8, 4) is 0 Å². The monoisotopic (exact) mass is 361 g/mol. The summed E-state index contributed by atoms with van der Waals surface area (Å²) in [6.07, 6.45) is -13.8. The van der Waals surface area contributed by atoms with E-state index in [-0.39, 0.29) is 0 Å². The molecule has 3 nitrogen and oxygen atoms in total. The Hall–Kier alpha value is -0.350. The van der Waals surface area contributed by atoms with E-state index >= 15 is 0 Å². The van der Waals surface area contributed by atoms with Gasteiger partial charge >= 0.3 is 12.4 Å². The number of amides is 1. The SMILES string of the molecule is COC(CCC(Cl)(SCCC(F)(F)F)C(N)=O)C(F)(F)F. The number of ether oxygens (including phenoxy) is 1. The van der Waals surface area contributed by atoms with Crippen LogP contribution >= 0.6 is 23.4 Å². The summed E-state index contributed by atoms with van der Waals surface area (Å²) < 4.78 is 75.6. The standard InChI is InChI=1S/C10H14ClF6NO2S/c1-20-6(10(15,16)17)2-3-8(11,7(18)19)21-5-4-9(12,13)14/h6H,2-5H2,1H3,(H2,18,19). The molecule has 2 atom stereocenters. The van der Waals surface area contributed by atoms with Crippen LogP contribution in [0.15, 0.2) is 0 Å². The Bertz CT molecular complexity index is 351. The topological polar surface area (TPSA) is 52.3 Å². The van der Waals surface area contributed by atoms with E-state index in [1.807, 2.05) is 0 Å². The van der Waals surface area contributed by atoms with E-state index in [9.17, 15) is 31.1 Å². The third-order valence-corrected chi connectivity index (χ3v) is 4.44. The van der Waals surface area contributed by atoms with E-state index in [0.717, 1.165) is 7.11 Å². The van der Waals surface area contributed by atoms with Crippen molar-refractivity contribution in [2.45, 2.75) is 41.9 Å². The van der Waals surface area contributed by atoms with E-state index in [1.54, 1.807) is 0 Å². The number of carbonyl (C=O) groups excluding carboxylic acids is 1. The summed E-state index contributed by atoms with van der Waals surface area (Å²) in [5.41, 5.74) is 4.96. The fourth-order valence-electron chi connectivity index (χ4n) is 1.33.